The molecular weight excluding hydrogens is 433 g/mol. The zero-order valence-electron chi connectivity index (χ0n) is 19.9. The molecule has 0 aliphatic heterocycles. The van der Waals surface area contributed by atoms with Gasteiger partial charge in [0.15, 0.2) is 0 Å². The van der Waals surface area contributed by atoms with E-state index in [1.807, 2.05) is 52.0 Å². The molecule has 34 heavy (non-hydrogen) atoms. The fraction of sp³-hybridized carbons (Fsp3) is 0.308. The van der Waals surface area contributed by atoms with Crippen molar-refractivity contribution in [2.24, 2.45) is 0 Å². The monoisotopic (exact) mass is 461 g/mol. The third-order valence-corrected chi connectivity index (χ3v) is 5.04. The molecule has 0 radical (unpaired) electrons. The summed E-state index contributed by atoms with van der Waals surface area (Å²) in [6.07, 6.45) is 0.986. The van der Waals surface area contributed by atoms with E-state index in [0.29, 0.717) is 29.1 Å². The summed E-state index contributed by atoms with van der Waals surface area (Å²) in [6.45, 7) is 9.56. The minimum atomic E-state index is -0.549. The molecule has 1 heterocycles. The highest BCUT2D eigenvalue weighted by atomic mass is 19.1. The molecule has 0 spiro atoms. The fourth-order valence-electron chi connectivity index (χ4n) is 3.18. The minimum absolute atomic E-state index is 0.0519. The molecule has 8 heteroatoms. The van der Waals surface area contributed by atoms with Gasteiger partial charge < -0.3 is 15.4 Å². The van der Waals surface area contributed by atoms with Crippen LogP contribution in [0.3, 0.4) is 0 Å². The van der Waals surface area contributed by atoms with E-state index in [0.717, 1.165) is 11.1 Å². The number of rotatable bonds is 6. The van der Waals surface area contributed by atoms with Crippen molar-refractivity contribution in [3.05, 3.63) is 71.2 Å². The van der Waals surface area contributed by atoms with Gasteiger partial charge in [0.1, 0.15) is 17.5 Å². The number of nitriles is 1. The summed E-state index contributed by atoms with van der Waals surface area (Å²) in [7, 11) is 0. The third kappa shape index (κ3) is 6.51. The van der Waals surface area contributed by atoms with E-state index in [4.69, 9.17) is 4.74 Å². The van der Waals surface area contributed by atoms with Gasteiger partial charge in [0.05, 0.1) is 17.5 Å². The highest BCUT2D eigenvalue weighted by Gasteiger charge is 2.17. The number of alkyl carbamates (subject to hydrolysis) is 1. The number of aryl methyl sites for hydroxylation is 1. The lowest BCUT2D eigenvalue weighted by Crippen LogP contribution is -2.34. The number of carbonyl (C=O) groups excluding carboxylic acids is 1. The molecule has 0 saturated carbocycles. The first-order chi connectivity index (χ1) is 16.1. The van der Waals surface area contributed by atoms with Gasteiger partial charge in [-0.25, -0.2) is 19.2 Å². The zero-order chi connectivity index (χ0) is 24.9. The molecule has 2 N–H and O–H groups in total. The van der Waals surface area contributed by atoms with Crippen LogP contribution in [0.15, 0.2) is 48.7 Å². The number of anilines is 2. The van der Waals surface area contributed by atoms with Crippen molar-refractivity contribution in [2.45, 2.75) is 46.1 Å². The lowest BCUT2D eigenvalue weighted by Gasteiger charge is -2.21. The van der Waals surface area contributed by atoms with Gasteiger partial charge in [-0.1, -0.05) is 37.3 Å². The first-order valence-corrected chi connectivity index (χ1v) is 10.9. The summed E-state index contributed by atoms with van der Waals surface area (Å²) in [5.74, 6) is -0.0166. The van der Waals surface area contributed by atoms with Crippen molar-refractivity contribution in [1.82, 2.24) is 15.3 Å². The molecule has 0 fully saturated rings. The largest absolute Gasteiger partial charge is 0.444 e. The van der Waals surface area contributed by atoms with E-state index in [2.05, 4.69) is 26.7 Å². The number of halogens is 1. The molecule has 1 aromatic heterocycles. The number of nitrogens with one attached hydrogen (secondary N) is 2. The van der Waals surface area contributed by atoms with Crippen LogP contribution in [-0.2, 0) is 4.74 Å². The van der Waals surface area contributed by atoms with Crippen LogP contribution >= 0.6 is 0 Å². The average molecular weight is 462 g/mol. The summed E-state index contributed by atoms with van der Waals surface area (Å²) in [6, 6.07) is 14.5. The maximum atomic E-state index is 13.9. The molecule has 1 unspecified atom stereocenters. The van der Waals surface area contributed by atoms with Gasteiger partial charge in [0, 0.05) is 17.8 Å². The Morgan fingerprint density at radius 2 is 1.91 bits per heavy atom. The number of carbonyl (C=O) groups is 1. The number of benzene rings is 2. The molecule has 1 atom stereocenters. The van der Waals surface area contributed by atoms with Gasteiger partial charge in [0.2, 0.25) is 5.95 Å². The van der Waals surface area contributed by atoms with Crippen LogP contribution in [-0.4, -0.2) is 28.2 Å². The predicted molar refractivity (Wildman–Crippen MR) is 129 cm³/mol. The smallest absolute Gasteiger partial charge is 0.407 e. The topological polar surface area (TPSA) is 99.9 Å². The van der Waals surface area contributed by atoms with Crippen LogP contribution in [0, 0.1) is 24.1 Å². The molecular formula is C26H28FN5O2. The third-order valence-electron chi connectivity index (χ3n) is 5.04. The predicted octanol–water partition coefficient (Wildman–Crippen LogP) is 5.83. The van der Waals surface area contributed by atoms with E-state index < -0.39 is 11.7 Å². The number of hydrogen-bond donors (Lipinski definition) is 2. The molecule has 176 valence electrons. The van der Waals surface area contributed by atoms with Crippen LogP contribution in [0.25, 0.3) is 11.3 Å². The summed E-state index contributed by atoms with van der Waals surface area (Å²) >= 11 is 0. The van der Waals surface area contributed by atoms with Gasteiger partial charge in [-0.2, -0.15) is 5.26 Å². The number of amides is 1. The van der Waals surface area contributed by atoms with Crippen molar-refractivity contribution in [3.63, 3.8) is 0 Å². The number of ether oxygens (including phenoxy) is 1. The lowest BCUT2D eigenvalue weighted by atomic mass is 9.98. The Balaban J connectivity index is 1.75. The normalized spacial score (nSPS) is 11.9. The van der Waals surface area contributed by atoms with E-state index in [9.17, 15) is 14.4 Å². The highest BCUT2D eigenvalue weighted by molar-refractivity contribution is 5.69. The Morgan fingerprint density at radius 1 is 1.21 bits per heavy atom. The Labute approximate surface area is 199 Å². The molecule has 3 aromatic rings. The molecule has 0 aliphatic rings. The summed E-state index contributed by atoms with van der Waals surface area (Å²) in [5.41, 5.74) is 3.07. The van der Waals surface area contributed by atoms with Gasteiger partial charge in [0.25, 0.3) is 0 Å². The Kier molecular flexibility index (Phi) is 7.47. The second-order valence-corrected chi connectivity index (χ2v) is 9.06. The van der Waals surface area contributed by atoms with E-state index in [1.54, 1.807) is 19.1 Å². The van der Waals surface area contributed by atoms with Crippen molar-refractivity contribution in [2.75, 3.05) is 11.9 Å². The quantitative estimate of drug-likeness (QED) is 0.479. The van der Waals surface area contributed by atoms with Gasteiger partial charge in [-0.05, 0) is 56.9 Å². The average Bonchev–Trinajstić information content (AvgIpc) is 2.79. The van der Waals surface area contributed by atoms with Gasteiger partial charge in [-0.3, -0.25) is 0 Å². The van der Waals surface area contributed by atoms with Crippen LogP contribution in [0.1, 0.15) is 50.3 Å². The van der Waals surface area contributed by atoms with E-state index in [1.165, 1.54) is 12.3 Å². The Morgan fingerprint density at radius 3 is 2.53 bits per heavy atom. The SMILES string of the molecule is Cc1ccc(Nc2ncc(C#N)c(-c3ccc(C(C)CNC(=O)OC(C)(C)C)cc3)n2)cc1F. The molecule has 1 amide bonds. The Bertz CT molecular complexity index is 1210. The first kappa shape index (κ1) is 24.6. The second kappa shape index (κ2) is 10.3. The highest BCUT2D eigenvalue weighted by Crippen LogP contribution is 2.26. The van der Waals surface area contributed by atoms with E-state index >= 15 is 0 Å². The van der Waals surface area contributed by atoms with Crippen molar-refractivity contribution >= 4 is 17.7 Å². The fourth-order valence-corrected chi connectivity index (χ4v) is 3.18. The maximum absolute atomic E-state index is 13.9. The summed E-state index contributed by atoms with van der Waals surface area (Å²) < 4.78 is 19.1. The number of aromatic nitrogens is 2. The zero-order valence-corrected chi connectivity index (χ0v) is 19.9. The lowest BCUT2D eigenvalue weighted by molar-refractivity contribution is 0.0525. The maximum Gasteiger partial charge on any atom is 0.407 e. The molecule has 7 nitrogen and oxygen atoms in total. The second-order valence-electron chi connectivity index (χ2n) is 9.06. The van der Waals surface area contributed by atoms with Crippen LogP contribution in [0.4, 0.5) is 20.8 Å². The molecule has 0 aliphatic carbocycles. The van der Waals surface area contributed by atoms with E-state index in [-0.39, 0.29) is 17.7 Å². The van der Waals surface area contributed by atoms with Crippen LogP contribution in [0.5, 0.6) is 0 Å². The molecule has 0 saturated heterocycles. The number of nitrogens with zero attached hydrogens (tertiary/aromatic N) is 3. The summed E-state index contributed by atoms with van der Waals surface area (Å²) in [5, 5.41) is 15.3. The summed E-state index contributed by atoms with van der Waals surface area (Å²) in [4.78, 5) is 20.6. The first-order valence-electron chi connectivity index (χ1n) is 10.9. The molecule has 3 rings (SSSR count). The van der Waals surface area contributed by atoms with Crippen molar-refractivity contribution in [1.29, 1.82) is 5.26 Å². The molecule has 0 bridgehead atoms. The van der Waals surface area contributed by atoms with Crippen molar-refractivity contribution in [3.8, 4) is 17.3 Å². The minimum Gasteiger partial charge on any atom is -0.444 e. The standard InChI is InChI=1S/C26H28FN5O2/c1-16-6-11-21(12-22(16)27)31-24-29-15-20(13-28)23(32-24)19-9-7-18(8-10-19)17(2)14-30-25(33)34-26(3,4)5/h6-12,15,17H,14H2,1-5H3,(H,30,33)(H,29,31,32). The Hall–Kier alpha value is -3.99. The van der Waals surface area contributed by atoms with Crippen molar-refractivity contribution < 1.29 is 13.9 Å². The van der Waals surface area contributed by atoms with Crippen LogP contribution < -0.4 is 10.6 Å². The van der Waals surface area contributed by atoms with Gasteiger partial charge in [-0.15, -0.1) is 0 Å². The number of hydrogen-bond acceptors (Lipinski definition) is 6. The van der Waals surface area contributed by atoms with Gasteiger partial charge >= 0.3 is 6.09 Å². The van der Waals surface area contributed by atoms with Crippen LogP contribution in [0.2, 0.25) is 0 Å². The molecule has 2 aromatic carbocycles.